The van der Waals surface area contributed by atoms with Gasteiger partial charge in [-0.15, -0.1) is 0 Å². The van der Waals surface area contributed by atoms with Crippen LogP contribution in [0.25, 0.3) is 0 Å². The zero-order valence-electron chi connectivity index (χ0n) is 5.62. The topological polar surface area (TPSA) is 43.1 Å². The quantitative estimate of drug-likeness (QED) is 0.402. The Labute approximate surface area is 58.6 Å². The smallest absolute Gasteiger partial charge is 0.232 e. The normalized spacial score (nSPS) is 61.0. The molecule has 0 aromatic carbocycles. The molecule has 0 amide bonds. The lowest BCUT2D eigenvalue weighted by molar-refractivity contribution is -0.531. The average Bonchev–Trinajstić information content (AvgIpc) is 2.74. The van der Waals surface area contributed by atoms with Crippen LogP contribution >= 0.6 is 0 Å². The molecule has 0 saturated heterocycles. The van der Waals surface area contributed by atoms with Gasteiger partial charge in [0.1, 0.15) is 0 Å². The molecule has 0 aromatic rings. The highest BCUT2D eigenvalue weighted by Crippen LogP contribution is 2.83. The summed E-state index contributed by atoms with van der Waals surface area (Å²) in [4.78, 5) is 10.5. The third-order valence-corrected chi connectivity index (χ3v) is 3.72. The molecule has 2 unspecified atom stereocenters. The van der Waals surface area contributed by atoms with Gasteiger partial charge in [-0.1, -0.05) is 6.42 Å². The van der Waals surface area contributed by atoms with Crippen molar-refractivity contribution >= 4 is 0 Å². The fourth-order valence-corrected chi connectivity index (χ4v) is 3.20. The molecule has 0 aliphatic heterocycles. The van der Waals surface area contributed by atoms with Gasteiger partial charge in [0.25, 0.3) is 0 Å². The van der Waals surface area contributed by atoms with Crippen LogP contribution in [0.15, 0.2) is 0 Å². The molecule has 0 heterocycles. The first-order chi connectivity index (χ1) is 4.79. The van der Waals surface area contributed by atoms with Gasteiger partial charge in [-0.05, 0) is 12.8 Å². The van der Waals surface area contributed by atoms with Crippen molar-refractivity contribution in [2.45, 2.75) is 24.8 Å². The maximum absolute atomic E-state index is 10.5. The largest absolute Gasteiger partial charge is 0.264 e. The van der Waals surface area contributed by atoms with Gasteiger partial charge in [0.05, 0.1) is 0 Å². The van der Waals surface area contributed by atoms with E-state index in [4.69, 9.17) is 0 Å². The van der Waals surface area contributed by atoms with Crippen LogP contribution in [0.2, 0.25) is 0 Å². The van der Waals surface area contributed by atoms with Crippen LogP contribution in [0, 0.1) is 27.9 Å². The molecular formula is C7H9NO2. The highest BCUT2D eigenvalue weighted by Gasteiger charge is 2.97. The molecule has 0 aromatic heterocycles. The first-order valence-electron chi connectivity index (χ1n) is 3.94. The number of nitrogens with zero attached hydrogens (tertiary/aromatic N) is 1. The maximum Gasteiger partial charge on any atom is 0.232 e. The van der Waals surface area contributed by atoms with E-state index in [9.17, 15) is 10.1 Å². The third-order valence-electron chi connectivity index (χ3n) is 3.72. The summed E-state index contributed by atoms with van der Waals surface area (Å²) < 4.78 is 0. The fraction of sp³-hybridized carbons (Fsp3) is 1.00. The first-order valence-corrected chi connectivity index (χ1v) is 3.94. The third kappa shape index (κ3) is 0.272. The highest BCUT2D eigenvalue weighted by molar-refractivity contribution is 5.35. The van der Waals surface area contributed by atoms with Gasteiger partial charge in [-0.2, -0.15) is 0 Å². The summed E-state index contributed by atoms with van der Waals surface area (Å²) in [6, 6.07) is 0. The molecule has 3 fully saturated rings. The summed E-state index contributed by atoms with van der Waals surface area (Å²) in [5, 5.41) is 10.5. The van der Waals surface area contributed by atoms with E-state index in [1.54, 1.807) is 0 Å². The minimum Gasteiger partial charge on any atom is -0.264 e. The second-order valence-electron chi connectivity index (χ2n) is 3.81. The summed E-state index contributed by atoms with van der Waals surface area (Å²) in [6.45, 7) is 0. The van der Waals surface area contributed by atoms with Gasteiger partial charge in [0, 0.05) is 22.7 Å². The van der Waals surface area contributed by atoms with Crippen molar-refractivity contribution in [2.24, 2.45) is 17.8 Å². The minimum absolute atomic E-state index is 0.00778. The van der Waals surface area contributed by atoms with Crippen LogP contribution in [-0.4, -0.2) is 10.5 Å². The van der Waals surface area contributed by atoms with Crippen molar-refractivity contribution < 1.29 is 4.92 Å². The monoisotopic (exact) mass is 139 g/mol. The van der Waals surface area contributed by atoms with E-state index < -0.39 is 0 Å². The number of fused-ring (bicyclic) bond motifs is 2. The lowest BCUT2D eigenvalue weighted by Crippen LogP contribution is -2.26. The van der Waals surface area contributed by atoms with Gasteiger partial charge >= 0.3 is 0 Å². The molecule has 3 aliphatic carbocycles. The second kappa shape index (κ2) is 1.11. The predicted molar refractivity (Wildman–Crippen MR) is 34.0 cm³/mol. The summed E-state index contributed by atoms with van der Waals surface area (Å²) >= 11 is 0. The summed E-state index contributed by atoms with van der Waals surface area (Å²) in [7, 11) is 0. The standard InChI is InChI=1S/C7H9NO2/c9-8(10)7-4-2-1-3-5(7)6(4)7/h4-6H,1-3H2. The Morgan fingerprint density at radius 2 is 2.00 bits per heavy atom. The van der Waals surface area contributed by atoms with Crippen LogP contribution in [0.5, 0.6) is 0 Å². The highest BCUT2D eigenvalue weighted by atomic mass is 16.6. The lowest BCUT2D eigenvalue weighted by atomic mass is 9.86. The van der Waals surface area contributed by atoms with Crippen LogP contribution in [-0.2, 0) is 0 Å². The molecule has 0 N–H and O–H groups in total. The lowest BCUT2D eigenvalue weighted by Gasteiger charge is -2.18. The zero-order chi connectivity index (χ0) is 6.93. The van der Waals surface area contributed by atoms with E-state index in [1.807, 2.05) is 0 Å². The molecule has 10 heavy (non-hydrogen) atoms. The second-order valence-corrected chi connectivity index (χ2v) is 3.81. The van der Waals surface area contributed by atoms with Crippen molar-refractivity contribution in [2.75, 3.05) is 0 Å². The Morgan fingerprint density at radius 1 is 1.40 bits per heavy atom. The minimum atomic E-state index is -0.349. The zero-order valence-corrected chi connectivity index (χ0v) is 5.62. The molecule has 3 aliphatic rings. The van der Waals surface area contributed by atoms with Crippen LogP contribution < -0.4 is 0 Å². The molecule has 0 bridgehead atoms. The Kier molecular flexibility index (Phi) is 0.564. The van der Waals surface area contributed by atoms with E-state index in [0.29, 0.717) is 17.8 Å². The first kappa shape index (κ1) is 5.10. The van der Waals surface area contributed by atoms with Crippen molar-refractivity contribution in [3.8, 4) is 0 Å². The summed E-state index contributed by atoms with van der Waals surface area (Å²) in [6.07, 6.45) is 3.49. The average molecular weight is 139 g/mol. The molecule has 2 atom stereocenters. The van der Waals surface area contributed by atoms with Crippen molar-refractivity contribution in [1.82, 2.24) is 0 Å². The van der Waals surface area contributed by atoms with Crippen LogP contribution in [0.3, 0.4) is 0 Å². The van der Waals surface area contributed by atoms with Gasteiger partial charge in [0.2, 0.25) is 5.54 Å². The fourth-order valence-electron chi connectivity index (χ4n) is 3.20. The van der Waals surface area contributed by atoms with E-state index >= 15 is 0 Å². The van der Waals surface area contributed by atoms with Crippen molar-refractivity contribution in [3.63, 3.8) is 0 Å². The van der Waals surface area contributed by atoms with E-state index in [1.165, 1.54) is 6.42 Å². The summed E-state index contributed by atoms with van der Waals surface area (Å²) in [5.41, 5.74) is -0.349. The molecule has 3 saturated carbocycles. The van der Waals surface area contributed by atoms with Crippen molar-refractivity contribution in [3.05, 3.63) is 10.1 Å². The van der Waals surface area contributed by atoms with E-state index in [2.05, 4.69) is 0 Å². The number of rotatable bonds is 1. The van der Waals surface area contributed by atoms with Gasteiger partial charge in [0.15, 0.2) is 0 Å². The van der Waals surface area contributed by atoms with Crippen molar-refractivity contribution in [1.29, 1.82) is 0 Å². The van der Waals surface area contributed by atoms with Gasteiger partial charge in [-0.25, -0.2) is 0 Å². The molecule has 3 heteroatoms. The molecule has 0 spiro atoms. The molecule has 0 radical (unpaired) electrons. The molecule has 3 nitrogen and oxygen atoms in total. The van der Waals surface area contributed by atoms with Crippen LogP contribution in [0.4, 0.5) is 0 Å². The van der Waals surface area contributed by atoms with Gasteiger partial charge < -0.3 is 0 Å². The Bertz CT molecular complexity index is 204. The Hall–Kier alpha value is -0.600. The van der Waals surface area contributed by atoms with Gasteiger partial charge in [-0.3, -0.25) is 10.1 Å². The molecular weight excluding hydrogens is 130 g/mol. The number of hydrogen-bond acceptors (Lipinski definition) is 2. The number of nitro groups is 1. The van der Waals surface area contributed by atoms with E-state index in [0.717, 1.165) is 12.8 Å². The molecule has 54 valence electrons. The van der Waals surface area contributed by atoms with Crippen LogP contribution in [0.1, 0.15) is 19.3 Å². The maximum atomic E-state index is 10.5. The molecule has 3 rings (SSSR count). The van der Waals surface area contributed by atoms with E-state index in [-0.39, 0.29) is 10.5 Å². The SMILES string of the molecule is O=[N+]([O-])C12C3CCCC1C32. The Balaban J connectivity index is 1.94. The predicted octanol–water partition coefficient (Wildman–Crippen LogP) is 1.06. The Morgan fingerprint density at radius 3 is 2.30 bits per heavy atom. The number of hydrogen-bond donors (Lipinski definition) is 0. The summed E-state index contributed by atoms with van der Waals surface area (Å²) in [5.74, 6) is 1.53.